The Kier molecular flexibility index (Phi) is 14.9. The molecule has 15 heavy (non-hydrogen) atoms. The summed E-state index contributed by atoms with van der Waals surface area (Å²) in [7, 11) is 9.78. The molecule has 0 unspecified atom stereocenters. The van der Waals surface area contributed by atoms with Gasteiger partial charge in [0.2, 0.25) is 0 Å². The number of hydrogen-bond donors (Lipinski definition) is 1. The number of benzene rings is 1. The minimum absolute atomic E-state index is 0.556. The van der Waals surface area contributed by atoms with Crippen molar-refractivity contribution in [1.29, 1.82) is 0 Å². The van der Waals surface area contributed by atoms with E-state index in [1.54, 1.807) is 0 Å². The van der Waals surface area contributed by atoms with Gasteiger partial charge in [0.1, 0.15) is 0 Å². The second-order valence-corrected chi connectivity index (χ2v) is 5.15. The Hall–Kier alpha value is 0.434. The first kappa shape index (κ1) is 15.4. The van der Waals surface area contributed by atoms with Crippen molar-refractivity contribution in [3.8, 4) is 0 Å². The molecule has 0 bridgehead atoms. The molecule has 84 valence electrons. The van der Waals surface area contributed by atoms with Gasteiger partial charge in [-0.25, -0.2) is 0 Å². The van der Waals surface area contributed by atoms with Crippen LogP contribution in [-0.4, -0.2) is 26.2 Å². The third-order valence-corrected chi connectivity index (χ3v) is 1.50. The summed E-state index contributed by atoms with van der Waals surface area (Å²) in [6.45, 7) is 4.19. The number of halogens is 2. The van der Waals surface area contributed by atoms with Crippen LogP contribution >= 0.6 is 18.6 Å². The van der Waals surface area contributed by atoms with Gasteiger partial charge in [0.25, 0.3) is 0 Å². The zero-order valence-electron chi connectivity index (χ0n) is 8.42. The average molecular weight is 281 g/mol. The van der Waals surface area contributed by atoms with Crippen LogP contribution in [0.15, 0.2) is 30.3 Å². The molecule has 0 spiro atoms. The van der Waals surface area contributed by atoms with Crippen LogP contribution in [0.2, 0.25) is 0 Å². The Balaban J connectivity index is 0.000000210. The third-order valence-electron chi connectivity index (χ3n) is 1.50. The molecule has 1 aromatic rings. The van der Waals surface area contributed by atoms with Crippen LogP contribution in [0, 0.1) is 6.07 Å². The molecule has 0 aromatic heterocycles. The normalized spacial score (nSPS) is 13.7. The van der Waals surface area contributed by atoms with E-state index in [1.165, 1.54) is 0 Å². The number of rotatable bonds is 0. The maximum Gasteiger partial charge on any atom is -0.171 e. The van der Waals surface area contributed by atoms with E-state index in [-0.39, 0.29) is 0 Å². The van der Waals surface area contributed by atoms with Crippen LogP contribution in [0.4, 0.5) is 0 Å². The second kappa shape index (κ2) is 14.4. The van der Waals surface area contributed by atoms with Gasteiger partial charge in [0, 0.05) is 0 Å². The van der Waals surface area contributed by atoms with E-state index in [2.05, 4.69) is 16.7 Å². The first-order chi connectivity index (χ1) is 7.41. The monoisotopic (exact) mass is 280 g/mol. The largest absolute Gasteiger partial charge is 0.184 e. The maximum atomic E-state index is 4.89. The Morgan fingerprint density at radius 2 is 1.60 bits per heavy atom. The standard InChI is InChI=1S/C6H5.C4H9N2.2ClH.Ti/c1-2-4-6-5-3-1;1-2-6-4-3-5-1;;;/h1-5H;5H,1-4H2;2*1H;/q2*-1;;;+2/p-2. The quantitative estimate of drug-likeness (QED) is 0.574. The summed E-state index contributed by atoms with van der Waals surface area (Å²) >= 11 is -0.556. The summed E-state index contributed by atoms with van der Waals surface area (Å²) in [6, 6.07) is 12.5. The van der Waals surface area contributed by atoms with Crippen LogP contribution in [0.5, 0.6) is 0 Å². The maximum absolute atomic E-state index is 4.89. The molecule has 0 aliphatic carbocycles. The molecule has 2 rings (SSSR count). The molecule has 1 heterocycles. The van der Waals surface area contributed by atoms with E-state index < -0.39 is 17.0 Å². The fraction of sp³-hybridized carbons (Fsp3) is 0.400. The van der Waals surface area contributed by atoms with E-state index in [0.717, 1.165) is 26.2 Å². The van der Waals surface area contributed by atoms with Crippen LogP contribution in [0.3, 0.4) is 0 Å². The fourth-order valence-electron chi connectivity index (χ4n) is 0.895. The van der Waals surface area contributed by atoms with Gasteiger partial charge in [-0.1, -0.05) is 0 Å². The molecule has 1 aliphatic heterocycles. The molecular formula is C10H14Cl2N2Ti-2. The Labute approximate surface area is 108 Å². The van der Waals surface area contributed by atoms with Gasteiger partial charge >= 0.3 is 35.6 Å². The van der Waals surface area contributed by atoms with E-state index >= 15 is 0 Å². The van der Waals surface area contributed by atoms with Crippen molar-refractivity contribution in [2.24, 2.45) is 0 Å². The topological polar surface area (TPSA) is 26.1 Å². The molecule has 0 atom stereocenters. The van der Waals surface area contributed by atoms with Crippen molar-refractivity contribution in [1.82, 2.24) is 5.32 Å². The van der Waals surface area contributed by atoms with Gasteiger partial charge in [0.15, 0.2) is 0 Å². The van der Waals surface area contributed by atoms with Crippen molar-refractivity contribution in [3.05, 3.63) is 41.7 Å². The molecule has 2 nitrogen and oxygen atoms in total. The zero-order valence-corrected chi connectivity index (χ0v) is 11.5. The summed E-state index contributed by atoms with van der Waals surface area (Å²) in [5.41, 5.74) is 0. The van der Waals surface area contributed by atoms with Gasteiger partial charge in [-0.2, -0.15) is 36.4 Å². The summed E-state index contributed by atoms with van der Waals surface area (Å²) < 4.78 is 0. The van der Waals surface area contributed by atoms with Crippen molar-refractivity contribution in [2.75, 3.05) is 26.2 Å². The molecule has 0 amide bonds. The van der Waals surface area contributed by atoms with Gasteiger partial charge in [-0.15, -0.1) is 13.1 Å². The number of hydrogen-bond acceptors (Lipinski definition) is 1. The van der Waals surface area contributed by atoms with Gasteiger partial charge in [-0.3, -0.25) is 0 Å². The number of nitrogens with zero attached hydrogens (tertiary/aromatic N) is 1. The first-order valence-corrected chi connectivity index (χ1v) is 8.93. The smallest absolute Gasteiger partial charge is 0.171 e. The molecular weight excluding hydrogens is 267 g/mol. The number of nitrogens with one attached hydrogen (secondary N) is 1. The van der Waals surface area contributed by atoms with Gasteiger partial charge in [0.05, 0.1) is 0 Å². The SMILES string of the molecule is C1CNCC[N-]1.[Cl][Ti][Cl].[c-]1ccccc1. The zero-order chi connectivity index (χ0) is 11.2. The molecule has 5 heteroatoms. The summed E-state index contributed by atoms with van der Waals surface area (Å²) in [6.07, 6.45) is 0. The van der Waals surface area contributed by atoms with E-state index in [4.69, 9.17) is 18.6 Å². The third kappa shape index (κ3) is 14.4. The van der Waals surface area contributed by atoms with E-state index in [9.17, 15) is 0 Å². The van der Waals surface area contributed by atoms with Crippen LogP contribution in [0.25, 0.3) is 5.32 Å². The Bertz CT molecular complexity index is 158. The molecule has 0 saturated carbocycles. The molecule has 1 aliphatic rings. The predicted octanol–water partition coefficient (Wildman–Crippen LogP) is 2.83. The minimum atomic E-state index is -0.556. The Morgan fingerprint density at radius 3 is 1.73 bits per heavy atom. The summed E-state index contributed by atoms with van der Waals surface area (Å²) in [5.74, 6) is 0. The van der Waals surface area contributed by atoms with Crippen molar-refractivity contribution < 1.29 is 17.0 Å². The second-order valence-electron chi connectivity index (χ2n) is 2.57. The van der Waals surface area contributed by atoms with Crippen LogP contribution in [0.1, 0.15) is 0 Å². The van der Waals surface area contributed by atoms with Crippen LogP contribution < -0.4 is 5.32 Å². The molecule has 0 radical (unpaired) electrons. The summed E-state index contributed by atoms with van der Waals surface area (Å²) in [5, 5.41) is 7.31. The van der Waals surface area contributed by atoms with Crippen molar-refractivity contribution >= 4 is 18.6 Å². The number of piperazine rings is 1. The molecule has 1 saturated heterocycles. The predicted molar refractivity (Wildman–Crippen MR) is 62.9 cm³/mol. The van der Waals surface area contributed by atoms with Gasteiger partial charge < -0.3 is 10.6 Å². The average Bonchev–Trinajstić information content (AvgIpc) is 2.35. The Morgan fingerprint density at radius 1 is 1.07 bits per heavy atom. The summed E-state index contributed by atoms with van der Waals surface area (Å²) in [4.78, 5) is 0. The van der Waals surface area contributed by atoms with E-state index in [1.807, 2.05) is 30.3 Å². The van der Waals surface area contributed by atoms with Gasteiger partial charge in [-0.05, 0) is 13.1 Å². The van der Waals surface area contributed by atoms with Crippen LogP contribution in [-0.2, 0) is 17.0 Å². The minimum Gasteiger partial charge on any atom is -0.184 e. The molecule has 1 aromatic carbocycles. The van der Waals surface area contributed by atoms with E-state index in [0.29, 0.717) is 0 Å². The fourth-order valence-corrected chi connectivity index (χ4v) is 0.895. The van der Waals surface area contributed by atoms with Crippen molar-refractivity contribution in [2.45, 2.75) is 0 Å². The van der Waals surface area contributed by atoms with Crippen molar-refractivity contribution in [3.63, 3.8) is 0 Å². The molecule has 1 N–H and O–H groups in total. The first-order valence-electron chi connectivity index (χ1n) is 4.63. The molecule has 1 fully saturated rings.